The molecular formula is C20H34IN3O2S. The van der Waals surface area contributed by atoms with Gasteiger partial charge in [-0.25, -0.2) is 0 Å². The molecule has 5 nitrogen and oxygen atoms in total. The molecule has 1 unspecified atom stereocenters. The molecule has 154 valence electrons. The Morgan fingerprint density at radius 1 is 1.22 bits per heavy atom. The number of aliphatic imine (C=N–C) groups is 1. The molecule has 2 rings (SSSR count). The molecule has 0 saturated carbocycles. The molecule has 27 heavy (non-hydrogen) atoms. The van der Waals surface area contributed by atoms with Gasteiger partial charge in [0, 0.05) is 31.5 Å². The van der Waals surface area contributed by atoms with E-state index in [0.717, 1.165) is 25.7 Å². The van der Waals surface area contributed by atoms with Crippen molar-refractivity contribution in [3.63, 3.8) is 0 Å². The van der Waals surface area contributed by atoms with Crippen molar-refractivity contribution >= 4 is 41.7 Å². The quantitative estimate of drug-likeness (QED) is 0.218. The van der Waals surface area contributed by atoms with Crippen LogP contribution < -0.4 is 10.6 Å². The van der Waals surface area contributed by atoms with Crippen LogP contribution in [0.15, 0.2) is 29.3 Å². The van der Waals surface area contributed by atoms with Crippen LogP contribution in [-0.2, 0) is 22.6 Å². The van der Waals surface area contributed by atoms with E-state index >= 15 is 0 Å². The molecule has 1 saturated heterocycles. The summed E-state index contributed by atoms with van der Waals surface area (Å²) in [6.45, 7) is 8.65. The number of thioether (sulfide) groups is 1. The minimum atomic E-state index is 0. The Bertz CT molecular complexity index is 566. The van der Waals surface area contributed by atoms with Gasteiger partial charge in [0.25, 0.3) is 0 Å². The van der Waals surface area contributed by atoms with Crippen molar-refractivity contribution in [1.82, 2.24) is 10.6 Å². The number of rotatable bonds is 10. The molecule has 1 aromatic rings. The summed E-state index contributed by atoms with van der Waals surface area (Å²) in [6, 6.07) is 8.47. The third-order valence-electron chi connectivity index (χ3n) is 4.45. The largest absolute Gasteiger partial charge is 0.379 e. The molecule has 7 heteroatoms. The van der Waals surface area contributed by atoms with Gasteiger partial charge in [0.1, 0.15) is 0 Å². The van der Waals surface area contributed by atoms with Crippen LogP contribution in [-0.4, -0.2) is 49.9 Å². The van der Waals surface area contributed by atoms with Crippen LogP contribution in [0, 0.1) is 0 Å². The van der Waals surface area contributed by atoms with Crippen molar-refractivity contribution in [2.75, 3.05) is 39.2 Å². The summed E-state index contributed by atoms with van der Waals surface area (Å²) in [7, 11) is 1.82. The van der Waals surface area contributed by atoms with E-state index < -0.39 is 0 Å². The highest BCUT2D eigenvalue weighted by Crippen LogP contribution is 2.36. The van der Waals surface area contributed by atoms with Crippen molar-refractivity contribution in [2.45, 2.75) is 44.6 Å². The summed E-state index contributed by atoms with van der Waals surface area (Å²) in [5.41, 5.74) is 2.40. The van der Waals surface area contributed by atoms with E-state index in [9.17, 15) is 0 Å². The smallest absolute Gasteiger partial charge is 0.191 e. The van der Waals surface area contributed by atoms with Crippen molar-refractivity contribution in [1.29, 1.82) is 0 Å². The fraction of sp³-hybridized carbons (Fsp3) is 0.650. The zero-order valence-electron chi connectivity index (χ0n) is 16.8. The Labute approximate surface area is 185 Å². The van der Waals surface area contributed by atoms with Gasteiger partial charge in [-0.1, -0.05) is 24.3 Å². The molecule has 0 aromatic heterocycles. The topological polar surface area (TPSA) is 54.9 Å². The molecule has 1 aliphatic rings. The van der Waals surface area contributed by atoms with Crippen LogP contribution in [0.2, 0.25) is 0 Å². The van der Waals surface area contributed by atoms with Crippen LogP contribution >= 0.6 is 35.7 Å². The zero-order valence-corrected chi connectivity index (χ0v) is 19.9. The summed E-state index contributed by atoms with van der Waals surface area (Å²) in [5.74, 6) is 2.13. The number of benzene rings is 1. The van der Waals surface area contributed by atoms with Gasteiger partial charge in [0.15, 0.2) is 5.96 Å². The standard InChI is InChI=1S/C20H33N3O2S.HI/c1-4-24-10-11-25-15-18-8-5-7-17(13-18)14-22-19(21-3)23-16-20(2)9-6-12-26-20;/h5,7-8,13H,4,6,9-12,14-16H2,1-3H3,(H2,21,22,23);1H. The number of nitrogens with zero attached hydrogens (tertiary/aromatic N) is 1. The number of halogens is 1. The normalized spacial score (nSPS) is 19.6. The Morgan fingerprint density at radius 3 is 2.70 bits per heavy atom. The maximum absolute atomic E-state index is 5.65. The summed E-state index contributed by atoms with van der Waals surface area (Å²) < 4.78 is 11.3. The van der Waals surface area contributed by atoms with Crippen molar-refractivity contribution in [2.24, 2.45) is 4.99 Å². The van der Waals surface area contributed by atoms with Crippen LogP contribution in [0.4, 0.5) is 0 Å². The van der Waals surface area contributed by atoms with Crippen molar-refractivity contribution < 1.29 is 9.47 Å². The Morgan fingerprint density at radius 2 is 2.00 bits per heavy atom. The van der Waals surface area contributed by atoms with Gasteiger partial charge >= 0.3 is 0 Å². The lowest BCUT2D eigenvalue weighted by Crippen LogP contribution is -2.43. The lowest BCUT2D eigenvalue weighted by molar-refractivity contribution is 0.0453. The molecule has 1 aliphatic heterocycles. The maximum Gasteiger partial charge on any atom is 0.191 e. The van der Waals surface area contributed by atoms with E-state index in [0.29, 0.717) is 24.6 Å². The third kappa shape index (κ3) is 9.49. The maximum atomic E-state index is 5.65. The predicted octanol–water partition coefficient (Wildman–Crippen LogP) is 3.81. The molecule has 1 heterocycles. The molecule has 2 N–H and O–H groups in total. The van der Waals surface area contributed by atoms with Crippen molar-refractivity contribution in [3.05, 3.63) is 35.4 Å². The lowest BCUT2D eigenvalue weighted by atomic mass is 10.1. The molecule has 0 aliphatic carbocycles. The van der Waals surface area contributed by atoms with Crippen LogP contribution in [0.25, 0.3) is 0 Å². The highest BCUT2D eigenvalue weighted by atomic mass is 127. The monoisotopic (exact) mass is 507 g/mol. The van der Waals surface area contributed by atoms with E-state index in [2.05, 4.69) is 58.6 Å². The van der Waals surface area contributed by atoms with Crippen LogP contribution in [0.1, 0.15) is 37.8 Å². The Kier molecular flexibility index (Phi) is 12.4. The summed E-state index contributed by atoms with van der Waals surface area (Å²) in [6.07, 6.45) is 2.58. The molecule has 0 amide bonds. The molecule has 0 radical (unpaired) electrons. The molecule has 1 atom stereocenters. The second-order valence-corrected chi connectivity index (χ2v) is 8.43. The van der Waals surface area contributed by atoms with Crippen LogP contribution in [0.3, 0.4) is 0 Å². The molecule has 0 spiro atoms. The van der Waals surface area contributed by atoms with Gasteiger partial charge in [-0.05, 0) is 43.6 Å². The van der Waals surface area contributed by atoms with Crippen LogP contribution in [0.5, 0.6) is 0 Å². The first-order valence-corrected chi connectivity index (χ1v) is 10.5. The van der Waals surface area contributed by atoms with E-state index in [-0.39, 0.29) is 24.0 Å². The van der Waals surface area contributed by atoms with Gasteiger partial charge in [-0.3, -0.25) is 4.99 Å². The zero-order chi connectivity index (χ0) is 18.7. The summed E-state index contributed by atoms with van der Waals surface area (Å²) in [4.78, 5) is 4.34. The number of hydrogen-bond acceptors (Lipinski definition) is 4. The SMILES string of the molecule is CCOCCOCc1cccc(CNC(=NC)NCC2(C)CCCS2)c1.I. The molecule has 1 fully saturated rings. The highest BCUT2D eigenvalue weighted by Gasteiger charge is 2.29. The minimum Gasteiger partial charge on any atom is -0.379 e. The lowest BCUT2D eigenvalue weighted by Gasteiger charge is -2.24. The summed E-state index contributed by atoms with van der Waals surface area (Å²) >= 11 is 2.06. The third-order valence-corrected chi connectivity index (χ3v) is 5.99. The Hall–Kier alpha value is -0.510. The average Bonchev–Trinajstić information content (AvgIpc) is 3.09. The molecular weight excluding hydrogens is 473 g/mol. The van der Waals surface area contributed by atoms with Gasteiger partial charge in [0.2, 0.25) is 0 Å². The van der Waals surface area contributed by atoms with E-state index in [4.69, 9.17) is 9.47 Å². The van der Waals surface area contributed by atoms with E-state index in [1.54, 1.807) is 0 Å². The van der Waals surface area contributed by atoms with Gasteiger partial charge < -0.3 is 20.1 Å². The molecule has 1 aromatic carbocycles. The average molecular weight is 507 g/mol. The first kappa shape index (κ1) is 24.5. The molecule has 0 bridgehead atoms. The highest BCUT2D eigenvalue weighted by molar-refractivity contribution is 14.0. The fourth-order valence-corrected chi connectivity index (χ4v) is 4.18. The summed E-state index contributed by atoms with van der Waals surface area (Å²) in [5, 5.41) is 6.88. The second-order valence-electron chi connectivity index (χ2n) is 6.75. The van der Waals surface area contributed by atoms with Crippen molar-refractivity contribution in [3.8, 4) is 0 Å². The van der Waals surface area contributed by atoms with Gasteiger partial charge in [-0.2, -0.15) is 11.8 Å². The number of guanidine groups is 1. The van der Waals surface area contributed by atoms with E-state index in [1.807, 2.05) is 14.0 Å². The van der Waals surface area contributed by atoms with E-state index in [1.165, 1.54) is 29.7 Å². The first-order valence-electron chi connectivity index (χ1n) is 9.47. The number of ether oxygens (including phenoxy) is 2. The number of nitrogens with one attached hydrogen (secondary N) is 2. The minimum absolute atomic E-state index is 0. The first-order chi connectivity index (χ1) is 12.6. The Balaban J connectivity index is 0.00000364. The van der Waals surface area contributed by atoms with Gasteiger partial charge in [-0.15, -0.1) is 24.0 Å². The predicted molar refractivity (Wildman–Crippen MR) is 126 cm³/mol. The fourth-order valence-electron chi connectivity index (χ4n) is 2.93. The second kappa shape index (κ2) is 13.6. The van der Waals surface area contributed by atoms with Gasteiger partial charge in [0.05, 0.1) is 19.8 Å². The number of hydrogen-bond donors (Lipinski definition) is 2.